The second kappa shape index (κ2) is 42.4. The molecule has 16 heteroatoms. The molecule has 0 aromatic carbocycles. The molecule has 0 saturated heterocycles. The Morgan fingerprint density at radius 3 is 1.67 bits per heavy atom. The first-order valence-corrected chi connectivity index (χ1v) is 25.7. The summed E-state index contributed by atoms with van der Waals surface area (Å²) in [5.41, 5.74) is 0. The molecule has 0 bridgehead atoms. The van der Waals surface area contributed by atoms with Crippen molar-refractivity contribution in [3.63, 3.8) is 0 Å². The number of rotatable bonds is 41. The summed E-state index contributed by atoms with van der Waals surface area (Å²) in [4.78, 5) is 52.7. The molecule has 0 aliphatic heterocycles. The maximum absolute atomic E-state index is 12.7. The zero-order valence-corrected chi connectivity index (χ0v) is 40.0. The van der Waals surface area contributed by atoms with E-state index in [1.54, 1.807) is 24.3 Å². The first-order valence-electron chi connectivity index (χ1n) is 22.7. The maximum Gasteiger partial charge on any atom is 0.472 e. The molecule has 0 aliphatic carbocycles. The fourth-order valence-electron chi connectivity index (χ4n) is 5.29. The minimum absolute atomic E-state index is 0.0867. The largest absolute Gasteiger partial charge is 0.472 e. The van der Waals surface area contributed by atoms with Crippen molar-refractivity contribution in [1.29, 1.82) is 0 Å². The number of hydrogen-bond donors (Lipinski definition) is 5. The Morgan fingerprint density at radius 1 is 0.531 bits per heavy atom. The van der Waals surface area contributed by atoms with E-state index in [0.29, 0.717) is 12.8 Å². The number of allylic oxidation sites excluding steroid dienone is 16. The molecule has 0 amide bonds. The lowest BCUT2D eigenvalue weighted by Gasteiger charge is -2.20. The topological polar surface area (TPSA) is 216 Å². The van der Waals surface area contributed by atoms with Crippen molar-refractivity contribution in [2.24, 2.45) is 0 Å². The predicted octanol–water partition coefficient (Wildman–Crippen LogP) is 10.9. The molecule has 0 aromatic heterocycles. The Kier molecular flexibility index (Phi) is 40.2. The van der Waals surface area contributed by atoms with E-state index in [2.05, 4.69) is 95.8 Å². The van der Waals surface area contributed by atoms with Crippen molar-refractivity contribution in [3.8, 4) is 0 Å². The Bertz CT molecular complexity index is 1560. The number of phosphoric acid groups is 2. The van der Waals surface area contributed by atoms with Gasteiger partial charge in [0, 0.05) is 12.8 Å². The van der Waals surface area contributed by atoms with E-state index in [1.807, 2.05) is 12.2 Å². The summed E-state index contributed by atoms with van der Waals surface area (Å²) in [5, 5.41) is 20.0. The SMILES string of the molecule is CC/C=C\C/C=C\C/C=C\C/C=C\C=C/C(O)C/C=C\CCC(=O)O[C@H](COC(=O)CCCCCC/C=C\C/C=C\C/C=C\CCCCC)COP(=O)(O)OC[C@@H](O)COP(=O)(O)O. The van der Waals surface area contributed by atoms with Crippen molar-refractivity contribution in [2.75, 3.05) is 26.4 Å². The van der Waals surface area contributed by atoms with Gasteiger partial charge in [0.2, 0.25) is 0 Å². The van der Waals surface area contributed by atoms with Gasteiger partial charge in [-0.2, -0.15) is 0 Å². The molecule has 0 rings (SSSR count). The average molecular weight is 941 g/mol. The number of unbranched alkanes of at least 4 members (excludes halogenated alkanes) is 7. The van der Waals surface area contributed by atoms with Gasteiger partial charge in [0.05, 0.1) is 25.9 Å². The van der Waals surface area contributed by atoms with Crippen LogP contribution in [-0.4, -0.2) is 81.6 Å². The zero-order chi connectivity index (χ0) is 47.4. The summed E-state index contributed by atoms with van der Waals surface area (Å²) >= 11 is 0. The van der Waals surface area contributed by atoms with Crippen LogP contribution in [-0.2, 0) is 41.8 Å². The van der Waals surface area contributed by atoms with Crippen LogP contribution in [0.3, 0.4) is 0 Å². The highest BCUT2D eigenvalue weighted by Gasteiger charge is 2.28. The molecule has 364 valence electrons. The van der Waals surface area contributed by atoms with Gasteiger partial charge in [0.1, 0.15) is 12.7 Å². The van der Waals surface area contributed by atoms with E-state index < -0.39 is 72.3 Å². The van der Waals surface area contributed by atoms with Gasteiger partial charge in [0.25, 0.3) is 0 Å². The summed E-state index contributed by atoms with van der Waals surface area (Å²) in [6.45, 7) is 1.37. The molecule has 5 N–H and O–H groups in total. The Morgan fingerprint density at radius 2 is 1.06 bits per heavy atom. The lowest BCUT2D eigenvalue weighted by molar-refractivity contribution is -0.161. The van der Waals surface area contributed by atoms with Crippen LogP contribution in [0.1, 0.15) is 136 Å². The van der Waals surface area contributed by atoms with Crippen molar-refractivity contribution >= 4 is 27.6 Å². The van der Waals surface area contributed by atoms with Gasteiger partial charge in [-0.15, -0.1) is 0 Å². The van der Waals surface area contributed by atoms with Gasteiger partial charge in [-0.25, -0.2) is 9.13 Å². The third-order valence-electron chi connectivity index (χ3n) is 8.73. The molecular formula is C48H78O14P2. The average Bonchev–Trinajstić information content (AvgIpc) is 3.25. The highest BCUT2D eigenvalue weighted by molar-refractivity contribution is 7.47. The first kappa shape index (κ1) is 60.7. The molecule has 14 nitrogen and oxygen atoms in total. The van der Waals surface area contributed by atoms with E-state index in [0.717, 1.165) is 70.6 Å². The van der Waals surface area contributed by atoms with E-state index in [-0.39, 0.29) is 19.3 Å². The van der Waals surface area contributed by atoms with Crippen LogP contribution in [0.4, 0.5) is 0 Å². The minimum atomic E-state index is -4.89. The number of hydrogen-bond acceptors (Lipinski definition) is 11. The molecule has 0 radical (unpaired) electrons. The lowest BCUT2D eigenvalue weighted by atomic mass is 10.1. The number of carbonyl (C=O) groups excluding carboxylic acids is 2. The van der Waals surface area contributed by atoms with Gasteiger partial charge in [-0.1, -0.05) is 149 Å². The summed E-state index contributed by atoms with van der Waals surface area (Å²) in [6.07, 6.45) is 48.2. The third-order valence-corrected chi connectivity index (χ3v) is 10.2. The lowest BCUT2D eigenvalue weighted by Crippen LogP contribution is -2.29. The molecule has 0 aromatic rings. The number of aliphatic hydroxyl groups is 2. The van der Waals surface area contributed by atoms with Crippen LogP contribution in [0.2, 0.25) is 0 Å². The Hall–Kier alpha value is -3.26. The molecule has 0 spiro atoms. The molecule has 0 heterocycles. The monoisotopic (exact) mass is 940 g/mol. The highest BCUT2D eigenvalue weighted by atomic mass is 31.2. The van der Waals surface area contributed by atoms with E-state index in [9.17, 15) is 33.8 Å². The van der Waals surface area contributed by atoms with Crippen LogP contribution in [0, 0.1) is 0 Å². The van der Waals surface area contributed by atoms with Crippen LogP contribution in [0.15, 0.2) is 109 Å². The predicted molar refractivity (Wildman–Crippen MR) is 254 cm³/mol. The van der Waals surface area contributed by atoms with E-state index in [1.165, 1.54) is 19.3 Å². The zero-order valence-electron chi connectivity index (χ0n) is 38.2. The summed E-state index contributed by atoms with van der Waals surface area (Å²) in [5.74, 6) is -1.25. The second-order valence-corrected chi connectivity index (χ2v) is 17.5. The molecule has 2 unspecified atom stereocenters. The highest BCUT2D eigenvalue weighted by Crippen LogP contribution is 2.43. The number of aliphatic hydroxyl groups excluding tert-OH is 2. The number of esters is 2. The fourth-order valence-corrected chi connectivity index (χ4v) is 6.44. The van der Waals surface area contributed by atoms with Gasteiger partial charge in [0.15, 0.2) is 6.10 Å². The van der Waals surface area contributed by atoms with Gasteiger partial charge in [-0.05, 0) is 83.5 Å². The molecular weight excluding hydrogens is 862 g/mol. The Balaban J connectivity index is 4.77. The van der Waals surface area contributed by atoms with Crippen molar-refractivity contribution in [2.45, 2.75) is 154 Å². The van der Waals surface area contributed by atoms with Crippen LogP contribution in [0.25, 0.3) is 0 Å². The Labute approximate surface area is 383 Å². The minimum Gasteiger partial charge on any atom is -0.462 e. The van der Waals surface area contributed by atoms with E-state index in [4.69, 9.17) is 23.8 Å². The number of phosphoric ester groups is 2. The fraction of sp³-hybridized carbons (Fsp3) is 0.583. The van der Waals surface area contributed by atoms with Gasteiger partial charge >= 0.3 is 27.6 Å². The maximum atomic E-state index is 12.7. The van der Waals surface area contributed by atoms with Crippen LogP contribution < -0.4 is 0 Å². The van der Waals surface area contributed by atoms with E-state index >= 15 is 0 Å². The summed E-state index contributed by atoms with van der Waals surface area (Å²) in [6, 6.07) is 0. The molecule has 0 saturated carbocycles. The number of carbonyl (C=O) groups is 2. The summed E-state index contributed by atoms with van der Waals surface area (Å²) < 4.78 is 47.6. The second-order valence-electron chi connectivity index (χ2n) is 14.8. The summed E-state index contributed by atoms with van der Waals surface area (Å²) in [7, 11) is -9.76. The van der Waals surface area contributed by atoms with Crippen molar-refractivity contribution < 1.29 is 66.7 Å². The van der Waals surface area contributed by atoms with Crippen LogP contribution in [0.5, 0.6) is 0 Å². The molecule has 64 heavy (non-hydrogen) atoms. The number of ether oxygens (including phenoxy) is 2. The first-order chi connectivity index (χ1) is 30.8. The standard InChI is InChI=1S/C48H78O14P2/c1-3-5-7-9-11-13-15-17-18-19-20-22-24-26-28-30-34-38-47(51)58-42-46(43-61-64(56,57)60-41-45(50)40-59-63(53,54)55)62-48(52)39-35-31-33-37-44(49)36-32-29-27-25-23-21-16-14-12-10-8-6-4-2/h6,8,11-14,17-18,20-23,27,29,31-33,36,44-46,49-50H,3-5,7,9-10,15-16,19,24-26,28,30,34-35,37-43H2,1-2H3,(H,56,57)(H2,53,54,55)/b8-6-,13-11-,14-12-,18-17-,22-20-,23-21-,29-27-,33-31-,36-32-/t44?,45-,46+/m0/s1. The van der Waals surface area contributed by atoms with Crippen LogP contribution >= 0.6 is 15.6 Å². The van der Waals surface area contributed by atoms with Gasteiger partial charge in [-0.3, -0.25) is 23.2 Å². The quantitative estimate of drug-likeness (QED) is 0.0127. The third kappa shape index (κ3) is 45.3. The van der Waals surface area contributed by atoms with Crippen molar-refractivity contribution in [3.05, 3.63) is 109 Å². The normalized spacial score (nSPS) is 15.4. The van der Waals surface area contributed by atoms with Gasteiger partial charge < -0.3 is 34.4 Å². The van der Waals surface area contributed by atoms with Crippen molar-refractivity contribution in [1.82, 2.24) is 0 Å². The molecule has 0 fully saturated rings. The molecule has 4 atom stereocenters. The smallest absolute Gasteiger partial charge is 0.462 e. The molecule has 0 aliphatic rings.